The molecule has 0 aromatic rings. The van der Waals surface area contributed by atoms with E-state index in [0.29, 0.717) is 0 Å². The van der Waals surface area contributed by atoms with Gasteiger partial charge >= 0.3 is 0 Å². The van der Waals surface area contributed by atoms with Crippen LogP contribution >= 0.6 is 0 Å². The van der Waals surface area contributed by atoms with Crippen LogP contribution in [-0.4, -0.2) is 36.6 Å². The summed E-state index contributed by atoms with van der Waals surface area (Å²) in [5.41, 5.74) is 0. The summed E-state index contributed by atoms with van der Waals surface area (Å²) in [6, 6.07) is 0. The lowest BCUT2D eigenvalue weighted by Gasteiger charge is -1.59. The molecule has 4 heteroatoms. The second kappa shape index (κ2) is 61.2. The van der Waals surface area contributed by atoms with Gasteiger partial charge < -0.3 is 5.32 Å². The van der Waals surface area contributed by atoms with Crippen LogP contribution in [0.15, 0.2) is 0 Å². The summed E-state index contributed by atoms with van der Waals surface area (Å²) in [7, 11) is 13.8. The van der Waals surface area contributed by atoms with Crippen LogP contribution in [0.4, 0.5) is 0 Å². The van der Waals surface area contributed by atoms with Crippen molar-refractivity contribution in [3.8, 4) is 0 Å². The van der Waals surface area contributed by atoms with Crippen LogP contribution in [0.1, 0.15) is 27.7 Å². The Morgan fingerprint density at radius 1 is 1.20 bits per heavy atom. The van der Waals surface area contributed by atoms with Gasteiger partial charge in [-0.25, -0.2) is 0 Å². The molecule has 0 heterocycles. The van der Waals surface area contributed by atoms with Crippen LogP contribution in [-0.2, 0) is 0 Å². The Labute approximate surface area is 70.4 Å². The van der Waals surface area contributed by atoms with E-state index in [-0.39, 0.29) is 7.43 Å². The molecule has 0 spiro atoms. The quantitative estimate of drug-likeness (QED) is 0.486. The van der Waals surface area contributed by atoms with Gasteiger partial charge in [0.25, 0.3) is 0 Å². The van der Waals surface area contributed by atoms with Gasteiger partial charge in [0.05, 0.1) is 0 Å². The molecule has 57 valence electrons. The standard InChI is InChI=1S/C3H8.C2H7N.CH4.B3/c2*1-3-2;;1-3-2/h3H2,1-2H3;3H,1-2H3;1H4;. The van der Waals surface area contributed by atoms with E-state index in [4.69, 9.17) is 0 Å². The molecule has 0 aliphatic carbocycles. The highest BCUT2D eigenvalue weighted by atomic mass is 14.7. The SMILES string of the molecule is C.CCC.CNC.[B][B][B]. The van der Waals surface area contributed by atoms with Gasteiger partial charge in [0.1, 0.15) is 0 Å². The highest BCUT2D eigenvalue weighted by Gasteiger charge is 1.41. The molecule has 0 bridgehead atoms. The van der Waals surface area contributed by atoms with Crippen LogP contribution in [0.2, 0.25) is 0 Å². The third-order valence-corrected chi connectivity index (χ3v) is 0. The zero-order chi connectivity index (χ0) is 8.12. The van der Waals surface area contributed by atoms with Crippen molar-refractivity contribution in [2.75, 3.05) is 14.1 Å². The average Bonchev–Trinajstić information content (AvgIpc) is 1.70. The lowest BCUT2D eigenvalue weighted by atomic mass is 9.40. The normalized spacial score (nSPS) is 4.80. The van der Waals surface area contributed by atoms with Crippen molar-refractivity contribution >= 4 is 22.5 Å². The van der Waals surface area contributed by atoms with Crippen molar-refractivity contribution < 1.29 is 0 Å². The van der Waals surface area contributed by atoms with Crippen LogP contribution in [0.25, 0.3) is 0 Å². The first-order valence-corrected chi connectivity index (χ1v) is 3.08. The Morgan fingerprint density at radius 2 is 1.20 bits per heavy atom. The van der Waals surface area contributed by atoms with Gasteiger partial charge in [-0.15, -0.1) is 0 Å². The molecule has 0 aromatic carbocycles. The summed E-state index contributed by atoms with van der Waals surface area (Å²) in [5, 5.41) is 2.75. The average molecular weight is 138 g/mol. The lowest BCUT2D eigenvalue weighted by Crippen LogP contribution is -1.89. The predicted octanol–water partition coefficient (Wildman–Crippen LogP) is 0.746. The zero-order valence-corrected chi connectivity index (χ0v) is 6.94. The largest absolute Gasteiger partial charge is 0.323 e. The molecule has 0 saturated heterocycles. The van der Waals surface area contributed by atoms with E-state index in [1.165, 1.54) is 6.42 Å². The monoisotopic (exact) mass is 138 g/mol. The van der Waals surface area contributed by atoms with Gasteiger partial charge in [-0.2, -0.15) is 0 Å². The molecule has 10 heavy (non-hydrogen) atoms. The molecule has 0 fully saturated rings. The minimum atomic E-state index is 0. The molecule has 0 rings (SSSR count). The van der Waals surface area contributed by atoms with E-state index in [9.17, 15) is 0 Å². The third kappa shape index (κ3) is 17400. The van der Waals surface area contributed by atoms with Gasteiger partial charge in [0, 0.05) is 22.5 Å². The Hall–Kier alpha value is 0.155. The van der Waals surface area contributed by atoms with Crippen molar-refractivity contribution in [1.82, 2.24) is 5.32 Å². The maximum atomic E-state index is 4.50. The van der Waals surface area contributed by atoms with Gasteiger partial charge in [-0.1, -0.05) is 27.7 Å². The van der Waals surface area contributed by atoms with Gasteiger partial charge in [0.15, 0.2) is 0 Å². The van der Waals surface area contributed by atoms with Crippen LogP contribution in [0, 0.1) is 0 Å². The number of hydrogen-bond donors (Lipinski definition) is 1. The molecule has 0 atom stereocenters. The first kappa shape index (κ1) is 22.5. The van der Waals surface area contributed by atoms with E-state index >= 15 is 0 Å². The van der Waals surface area contributed by atoms with Gasteiger partial charge in [0.2, 0.25) is 0 Å². The summed E-state index contributed by atoms with van der Waals surface area (Å²) in [4.78, 5) is 0. The molecule has 0 aromatic heterocycles. The molecule has 1 nitrogen and oxygen atoms in total. The molecule has 1 N–H and O–H groups in total. The number of hydrogen-bond acceptors (Lipinski definition) is 1. The fourth-order valence-electron chi connectivity index (χ4n) is 0. The molecule has 5 radical (unpaired) electrons. The predicted molar refractivity (Wildman–Crippen MR) is 54.9 cm³/mol. The first-order chi connectivity index (χ1) is 4.24. The van der Waals surface area contributed by atoms with E-state index in [2.05, 4.69) is 34.6 Å². The summed E-state index contributed by atoms with van der Waals surface area (Å²) in [6.07, 6.45) is 1.25. The molecular weight excluding hydrogens is 119 g/mol. The Balaban J connectivity index is -0.0000000257. The van der Waals surface area contributed by atoms with Crippen molar-refractivity contribution in [2.45, 2.75) is 27.7 Å². The fraction of sp³-hybridized carbons (Fsp3) is 1.00. The third-order valence-electron chi connectivity index (χ3n) is 0. The second-order valence-corrected chi connectivity index (χ2v) is 1.40. The first-order valence-electron chi connectivity index (χ1n) is 3.08. The lowest BCUT2D eigenvalue weighted by molar-refractivity contribution is 1.02. The Bertz CT molecular complexity index is 17.7. The Morgan fingerprint density at radius 3 is 1.20 bits per heavy atom. The summed E-state index contributed by atoms with van der Waals surface area (Å²) < 4.78 is 0. The minimum Gasteiger partial charge on any atom is -0.323 e. The van der Waals surface area contributed by atoms with Crippen molar-refractivity contribution in [3.05, 3.63) is 0 Å². The number of nitrogens with one attached hydrogen (secondary N) is 1. The topological polar surface area (TPSA) is 12.0 Å². The maximum absolute atomic E-state index is 4.50. The molecular formula is C6H19B3N. The minimum absolute atomic E-state index is 0. The van der Waals surface area contributed by atoms with Crippen molar-refractivity contribution in [2.24, 2.45) is 0 Å². The van der Waals surface area contributed by atoms with Crippen molar-refractivity contribution in [1.29, 1.82) is 0 Å². The second-order valence-electron chi connectivity index (χ2n) is 1.40. The van der Waals surface area contributed by atoms with Crippen LogP contribution in [0.5, 0.6) is 0 Å². The van der Waals surface area contributed by atoms with E-state index in [0.717, 1.165) is 7.06 Å². The smallest absolute Gasteiger partial charge is 0 e. The van der Waals surface area contributed by atoms with E-state index in [1.54, 1.807) is 0 Å². The van der Waals surface area contributed by atoms with Gasteiger partial charge in [-0.05, 0) is 14.1 Å². The summed E-state index contributed by atoms with van der Waals surface area (Å²) in [6.45, 7) is 4.25. The molecule has 0 saturated carbocycles. The summed E-state index contributed by atoms with van der Waals surface area (Å²) in [5.74, 6) is 0. The van der Waals surface area contributed by atoms with E-state index < -0.39 is 0 Å². The molecule has 0 amide bonds. The van der Waals surface area contributed by atoms with Crippen LogP contribution in [0.3, 0.4) is 0 Å². The molecule has 0 unspecified atom stereocenters. The molecule has 0 aliphatic heterocycles. The Kier molecular flexibility index (Phi) is 137. The van der Waals surface area contributed by atoms with Gasteiger partial charge in [-0.3, -0.25) is 0 Å². The number of rotatable bonds is 0. The fourth-order valence-corrected chi connectivity index (χ4v) is 0. The molecule has 0 aliphatic rings. The van der Waals surface area contributed by atoms with Crippen LogP contribution < -0.4 is 5.32 Å². The van der Waals surface area contributed by atoms with E-state index in [1.807, 2.05) is 14.1 Å². The highest BCUT2D eigenvalue weighted by molar-refractivity contribution is 7.17. The maximum Gasteiger partial charge on any atom is 0 e. The van der Waals surface area contributed by atoms with Crippen molar-refractivity contribution in [3.63, 3.8) is 0 Å². The zero-order valence-electron chi connectivity index (χ0n) is 6.94. The summed E-state index contributed by atoms with van der Waals surface area (Å²) >= 11 is 0. The highest BCUT2D eigenvalue weighted by Crippen LogP contribution is 1.56.